The Kier molecular flexibility index (Phi) is 4.18. The zero-order valence-corrected chi connectivity index (χ0v) is 10.6. The summed E-state index contributed by atoms with van der Waals surface area (Å²) in [7, 11) is 4.44. The van der Waals surface area contributed by atoms with Crippen LogP contribution in [0.15, 0.2) is 4.99 Å². The average molecular weight is 224 g/mol. The van der Waals surface area contributed by atoms with E-state index in [0.29, 0.717) is 0 Å². The molecule has 0 atom stereocenters. The molecule has 4 heteroatoms. The summed E-state index contributed by atoms with van der Waals surface area (Å²) in [6.07, 6.45) is 3.77. The Morgan fingerprint density at radius 2 is 2.19 bits per heavy atom. The van der Waals surface area contributed by atoms with Gasteiger partial charge in [0.15, 0.2) is 0 Å². The van der Waals surface area contributed by atoms with Gasteiger partial charge in [0.1, 0.15) is 5.84 Å². The van der Waals surface area contributed by atoms with Gasteiger partial charge >= 0.3 is 0 Å². The molecule has 0 spiro atoms. The van der Waals surface area contributed by atoms with Gasteiger partial charge in [-0.2, -0.15) is 0 Å². The lowest BCUT2D eigenvalue weighted by molar-refractivity contribution is 0.157. The van der Waals surface area contributed by atoms with Crippen molar-refractivity contribution in [1.29, 1.82) is 0 Å². The highest BCUT2D eigenvalue weighted by atomic mass is 15.2. The van der Waals surface area contributed by atoms with E-state index in [1.54, 1.807) is 0 Å². The summed E-state index contributed by atoms with van der Waals surface area (Å²) < 4.78 is 0. The lowest BCUT2D eigenvalue weighted by Crippen LogP contribution is -2.46. The number of rotatable bonds is 3. The Morgan fingerprint density at radius 3 is 2.81 bits per heavy atom. The first-order valence-corrected chi connectivity index (χ1v) is 6.41. The first-order chi connectivity index (χ1) is 7.75. The van der Waals surface area contributed by atoms with Gasteiger partial charge in [0, 0.05) is 19.1 Å². The highest BCUT2D eigenvalue weighted by Crippen LogP contribution is 2.13. The maximum Gasteiger partial charge on any atom is 0.111 e. The fraction of sp³-hybridized carbons (Fsp3) is 0.917. The van der Waals surface area contributed by atoms with Crippen molar-refractivity contribution in [2.24, 2.45) is 4.99 Å². The molecule has 0 aromatic heterocycles. The van der Waals surface area contributed by atoms with Crippen molar-refractivity contribution in [3.05, 3.63) is 0 Å². The molecule has 16 heavy (non-hydrogen) atoms. The van der Waals surface area contributed by atoms with Gasteiger partial charge in [-0.3, -0.25) is 9.89 Å². The summed E-state index contributed by atoms with van der Waals surface area (Å²) in [6.45, 7) is 5.56. The maximum atomic E-state index is 4.53. The van der Waals surface area contributed by atoms with Gasteiger partial charge in [-0.1, -0.05) is 0 Å². The predicted molar refractivity (Wildman–Crippen MR) is 68.1 cm³/mol. The van der Waals surface area contributed by atoms with Crippen LogP contribution in [-0.2, 0) is 0 Å². The molecular weight excluding hydrogens is 200 g/mol. The molecule has 2 heterocycles. The molecule has 0 saturated carbocycles. The zero-order valence-electron chi connectivity index (χ0n) is 10.6. The minimum atomic E-state index is 0.739. The summed E-state index contributed by atoms with van der Waals surface area (Å²) in [5.41, 5.74) is 0. The first-order valence-electron chi connectivity index (χ1n) is 6.41. The Labute approximate surface area is 98.7 Å². The molecule has 92 valence electrons. The number of hydrogen-bond acceptors (Lipinski definition) is 4. The van der Waals surface area contributed by atoms with Gasteiger partial charge < -0.3 is 10.2 Å². The van der Waals surface area contributed by atoms with E-state index in [1.165, 1.54) is 38.2 Å². The molecule has 2 rings (SSSR count). The van der Waals surface area contributed by atoms with Gasteiger partial charge in [0.2, 0.25) is 0 Å². The molecule has 2 aliphatic heterocycles. The highest BCUT2D eigenvalue weighted by molar-refractivity contribution is 5.84. The maximum absolute atomic E-state index is 4.53. The number of nitrogens with one attached hydrogen (secondary N) is 1. The van der Waals surface area contributed by atoms with E-state index in [0.717, 1.165) is 25.7 Å². The monoisotopic (exact) mass is 224 g/mol. The second-order valence-electron chi connectivity index (χ2n) is 5.06. The molecule has 2 aliphatic rings. The number of aliphatic imine (C=N–C) groups is 1. The number of amidine groups is 1. The van der Waals surface area contributed by atoms with Gasteiger partial charge in [-0.25, -0.2) is 0 Å². The minimum absolute atomic E-state index is 0.739. The number of likely N-dealkylation sites (N-methyl/N-ethyl adjacent to an activating group) is 1. The van der Waals surface area contributed by atoms with Crippen molar-refractivity contribution in [2.45, 2.75) is 25.3 Å². The van der Waals surface area contributed by atoms with Gasteiger partial charge in [0.25, 0.3) is 0 Å². The first kappa shape index (κ1) is 11.9. The molecule has 4 nitrogen and oxygen atoms in total. The molecule has 1 fully saturated rings. The van der Waals surface area contributed by atoms with Crippen molar-refractivity contribution >= 4 is 5.84 Å². The van der Waals surface area contributed by atoms with Crippen LogP contribution in [0, 0.1) is 0 Å². The van der Waals surface area contributed by atoms with Crippen LogP contribution in [0.2, 0.25) is 0 Å². The molecule has 0 radical (unpaired) electrons. The zero-order chi connectivity index (χ0) is 11.4. The fourth-order valence-electron chi connectivity index (χ4n) is 2.49. The number of nitrogens with zero attached hydrogens (tertiary/aromatic N) is 3. The third kappa shape index (κ3) is 3.19. The van der Waals surface area contributed by atoms with Gasteiger partial charge in [-0.15, -0.1) is 0 Å². The van der Waals surface area contributed by atoms with Crippen LogP contribution in [0.4, 0.5) is 0 Å². The van der Waals surface area contributed by atoms with Crippen molar-refractivity contribution in [3.63, 3.8) is 0 Å². The van der Waals surface area contributed by atoms with Gasteiger partial charge in [-0.05, 0) is 46.4 Å². The van der Waals surface area contributed by atoms with E-state index in [9.17, 15) is 0 Å². The Bertz CT molecular complexity index is 243. The summed E-state index contributed by atoms with van der Waals surface area (Å²) >= 11 is 0. The van der Waals surface area contributed by atoms with Crippen LogP contribution >= 0.6 is 0 Å². The normalized spacial score (nSPS) is 24.3. The molecule has 0 aromatic carbocycles. The SMILES string of the molecule is CN1CCC(N(C)CC2=NCCCN2)CC1. The third-order valence-corrected chi connectivity index (χ3v) is 3.68. The van der Waals surface area contributed by atoms with Crippen LogP contribution in [0.25, 0.3) is 0 Å². The second-order valence-corrected chi connectivity index (χ2v) is 5.06. The largest absolute Gasteiger partial charge is 0.373 e. The van der Waals surface area contributed by atoms with E-state index in [2.05, 4.69) is 34.2 Å². The lowest BCUT2D eigenvalue weighted by Gasteiger charge is -2.35. The summed E-state index contributed by atoms with van der Waals surface area (Å²) in [4.78, 5) is 9.41. The van der Waals surface area contributed by atoms with E-state index >= 15 is 0 Å². The lowest BCUT2D eigenvalue weighted by atomic mass is 10.0. The van der Waals surface area contributed by atoms with Crippen LogP contribution in [0.3, 0.4) is 0 Å². The average Bonchev–Trinajstić information content (AvgIpc) is 2.31. The Morgan fingerprint density at radius 1 is 1.44 bits per heavy atom. The molecule has 0 amide bonds. The number of hydrogen-bond donors (Lipinski definition) is 1. The molecular formula is C12H24N4. The molecule has 0 aliphatic carbocycles. The number of piperidine rings is 1. The van der Waals surface area contributed by atoms with Crippen LogP contribution in [0.1, 0.15) is 19.3 Å². The predicted octanol–water partition coefficient (Wildman–Crippen LogP) is 0.404. The van der Waals surface area contributed by atoms with Crippen molar-refractivity contribution in [2.75, 3.05) is 46.8 Å². The van der Waals surface area contributed by atoms with E-state index in [1.807, 2.05) is 0 Å². The fourth-order valence-corrected chi connectivity index (χ4v) is 2.49. The summed E-state index contributed by atoms with van der Waals surface area (Å²) in [5, 5.41) is 3.40. The van der Waals surface area contributed by atoms with E-state index in [-0.39, 0.29) is 0 Å². The summed E-state index contributed by atoms with van der Waals surface area (Å²) in [5.74, 6) is 1.19. The Hall–Kier alpha value is -0.610. The molecule has 0 unspecified atom stereocenters. The molecule has 0 aromatic rings. The smallest absolute Gasteiger partial charge is 0.111 e. The van der Waals surface area contributed by atoms with Crippen molar-refractivity contribution in [1.82, 2.24) is 15.1 Å². The van der Waals surface area contributed by atoms with Crippen LogP contribution < -0.4 is 5.32 Å². The topological polar surface area (TPSA) is 30.9 Å². The molecule has 1 saturated heterocycles. The number of likely N-dealkylation sites (tertiary alicyclic amines) is 1. The quantitative estimate of drug-likeness (QED) is 0.753. The van der Waals surface area contributed by atoms with Crippen LogP contribution in [0.5, 0.6) is 0 Å². The highest BCUT2D eigenvalue weighted by Gasteiger charge is 2.21. The standard InChI is InChI=1S/C12H24N4/c1-15-8-4-11(5-9-15)16(2)10-12-13-6-3-7-14-12/h11H,3-10H2,1-2H3,(H,13,14). The summed E-state index contributed by atoms with van der Waals surface area (Å²) in [6, 6.07) is 0.739. The van der Waals surface area contributed by atoms with E-state index in [4.69, 9.17) is 0 Å². The molecule has 0 bridgehead atoms. The van der Waals surface area contributed by atoms with Crippen molar-refractivity contribution in [3.8, 4) is 0 Å². The van der Waals surface area contributed by atoms with Gasteiger partial charge in [0.05, 0.1) is 6.54 Å². The Balaban J connectivity index is 1.78. The minimum Gasteiger partial charge on any atom is -0.373 e. The van der Waals surface area contributed by atoms with Crippen molar-refractivity contribution < 1.29 is 0 Å². The van der Waals surface area contributed by atoms with E-state index < -0.39 is 0 Å². The third-order valence-electron chi connectivity index (χ3n) is 3.68. The second kappa shape index (κ2) is 5.64. The molecule has 1 N–H and O–H groups in total. The van der Waals surface area contributed by atoms with Crippen LogP contribution in [-0.4, -0.2) is 68.5 Å².